The summed E-state index contributed by atoms with van der Waals surface area (Å²) >= 11 is 0. The fourth-order valence-corrected chi connectivity index (χ4v) is 1.47. The first-order valence-corrected chi connectivity index (χ1v) is 4.71. The van der Waals surface area contributed by atoms with E-state index in [-0.39, 0.29) is 0 Å². The molecule has 0 fully saturated rings. The van der Waals surface area contributed by atoms with Gasteiger partial charge in [0.1, 0.15) is 12.0 Å². The number of hydrogen-bond donors (Lipinski definition) is 2. The van der Waals surface area contributed by atoms with Crippen molar-refractivity contribution in [2.75, 3.05) is 11.6 Å². The smallest absolute Gasteiger partial charge is 0.152 e. The lowest BCUT2D eigenvalue weighted by Crippen LogP contribution is -2.10. The molecule has 0 amide bonds. The minimum atomic E-state index is 0.310. The van der Waals surface area contributed by atoms with Crippen LogP contribution in [0.3, 0.4) is 0 Å². The number of nitrogens with zero attached hydrogens (tertiary/aromatic N) is 4. The second-order valence-corrected chi connectivity index (χ2v) is 3.67. The van der Waals surface area contributed by atoms with Crippen molar-refractivity contribution in [1.29, 1.82) is 0 Å². The first-order chi connectivity index (χ1) is 7.11. The van der Waals surface area contributed by atoms with E-state index < -0.39 is 0 Å². The third-order valence-corrected chi connectivity index (χ3v) is 2.30. The van der Waals surface area contributed by atoms with E-state index in [2.05, 4.69) is 23.8 Å². The second kappa shape index (κ2) is 3.30. The Kier molecular flexibility index (Phi) is 2.11. The minimum Gasteiger partial charge on any atom is -0.382 e. The van der Waals surface area contributed by atoms with Crippen LogP contribution < -0.4 is 11.6 Å². The standard InChI is InChI=1S/C9H14N6/c1-6(2)14-4-12-3-7(14)8-9(10)15(11)5-13-8/h3-6H,10-11H2,1-2H3. The van der Waals surface area contributed by atoms with Gasteiger partial charge in [0.15, 0.2) is 5.82 Å². The van der Waals surface area contributed by atoms with Crippen molar-refractivity contribution in [1.82, 2.24) is 19.2 Å². The number of aromatic nitrogens is 4. The van der Waals surface area contributed by atoms with Gasteiger partial charge in [0.2, 0.25) is 0 Å². The van der Waals surface area contributed by atoms with Gasteiger partial charge in [-0.1, -0.05) is 0 Å². The summed E-state index contributed by atoms with van der Waals surface area (Å²) in [6.07, 6.45) is 4.98. The lowest BCUT2D eigenvalue weighted by molar-refractivity contribution is 0.605. The lowest BCUT2D eigenvalue weighted by Gasteiger charge is -2.10. The quantitative estimate of drug-likeness (QED) is 0.705. The van der Waals surface area contributed by atoms with Crippen LogP contribution in [0.15, 0.2) is 18.9 Å². The molecule has 15 heavy (non-hydrogen) atoms. The maximum absolute atomic E-state index is 5.80. The highest BCUT2D eigenvalue weighted by molar-refractivity contribution is 5.67. The molecule has 0 atom stereocenters. The highest BCUT2D eigenvalue weighted by atomic mass is 15.3. The third-order valence-electron chi connectivity index (χ3n) is 2.30. The molecule has 0 aliphatic carbocycles. The Morgan fingerprint density at radius 1 is 1.33 bits per heavy atom. The van der Waals surface area contributed by atoms with Crippen molar-refractivity contribution in [3.63, 3.8) is 0 Å². The Morgan fingerprint density at radius 3 is 2.60 bits per heavy atom. The molecule has 6 nitrogen and oxygen atoms in total. The Balaban J connectivity index is 2.54. The van der Waals surface area contributed by atoms with Gasteiger partial charge in [-0.3, -0.25) is 0 Å². The summed E-state index contributed by atoms with van der Waals surface area (Å²) < 4.78 is 3.30. The van der Waals surface area contributed by atoms with Crippen molar-refractivity contribution >= 4 is 5.82 Å². The number of imidazole rings is 2. The molecule has 2 rings (SSSR count). The molecule has 4 N–H and O–H groups in total. The summed E-state index contributed by atoms with van der Waals surface area (Å²) in [6, 6.07) is 0.310. The van der Waals surface area contributed by atoms with Gasteiger partial charge in [0.25, 0.3) is 0 Å². The van der Waals surface area contributed by atoms with E-state index in [1.54, 1.807) is 12.5 Å². The van der Waals surface area contributed by atoms with E-state index in [4.69, 9.17) is 11.6 Å². The molecule has 0 saturated heterocycles. The van der Waals surface area contributed by atoms with Crippen LogP contribution in [0.2, 0.25) is 0 Å². The summed E-state index contributed by atoms with van der Waals surface area (Å²) in [5.41, 5.74) is 7.35. The molecule has 0 spiro atoms. The SMILES string of the molecule is CC(C)n1cncc1-c1ncn(N)c1N. The van der Waals surface area contributed by atoms with Crippen molar-refractivity contribution in [3.8, 4) is 11.4 Å². The zero-order valence-corrected chi connectivity index (χ0v) is 8.75. The van der Waals surface area contributed by atoms with Crippen LogP contribution in [0, 0.1) is 0 Å². The number of nitrogens with two attached hydrogens (primary N) is 2. The number of hydrogen-bond acceptors (Lipinski definition) is 4. The molecule has 2 aromatic heterocycles. The predicted octanol–water partition coefficient (Wildman–Crippen LogP) is 0.623. The van der Waals surface area contributed by atoms with E-state index >= 15 is 0 Å². The summed E-state index contributed by atoms with van der Waals surface area (Å²) in [5, 5.41) is 0. The largest absolute Gasteiger partial charge is 0.382 e. The topological polar surface area (TPSA) is 87.7 Å². The molecule has 0 radical (unpaired) electrons. The van der Waals surface area contributed by atoms with E-state index in [0.29, 0.717) is 17.6 Å². The molecule has 2 aromatic rings. The molecule has 2 heterocycles. The molecule has 0 saturated carbocycles. The van der Waals surface area contributed by atoms with Crippen molar-refractivity contribution in [3.05, 3.63) is 18.9 Å². The molecule has 0 aromatic carbocycles. The fraction of sp³-hybridized carbons (Fsp3) is 0.333. The maximum Gasteiger partial charge on any atom is 0.152 e. The molecular weight excluding hydrogens is 192 g/mol. The maximum atomic E-state index is 5.80. The Labute approximate surface area is 87.5 Å². The average molecular weight is 206 g/mol. The number of anilines is 1. The van der Waals surface area contributed by atoms with E-state index in [1.807, 2.05) is 4.57 Å². The lowest BCUT2D eigenvalue weighted by atomic mass is 10.3. The summed E-state index contributed by atoms with van der Waals surface area (Å²) in [5.74, 6) is 6.01. The van der Waals surface area contributed by atoms with Crippen molar-refractivity contribution < 1.29 is 0 Å². The van der Waals surface area contributed by atoms with Crippen LogP contribution in [-0.2, 0) is 0 Å². The Bertz CT molecular complexity index is 467. The van der Waals surface area contributed by atoms with Crippen molar-refractivity contribution in [2.45, 2.75) is 19.9 Å². The summed E-state index contributed by atoms with van der Waals surface area (Å²) in [6.45, 7) is 4.14. The highest BCUT2D eigenvalue weighted by Gasteiger charge is 2.14. The Hall–Kier alpha value is -1.98. The molecule has 0 unspecified atom stereocenters. The average Bonchev–Trinajstić information content (AvgIpc) is 2.75. The third kappa shape index (κ3) is 1.43. The van der Waals surface area contributed by atoms with Crippen LogP contribution in [0.5, 0.6) is 0 Å². The van der Waals surface area contributed by atoms with Crippen LogP contribution in [-0.4, -0.2) is 19.2 Å². The fourth-order valence-electron chi connectivity index (χ4n) is 1.47. The van der Waals surface area contributed by atoms with Gasteiger partial charge in [-0.2, -0.15) is 0 Å². The van der Waals surface area contributed by atoms with Crippen LogP contribution >= 0.6 is 0 Å². The first-order valence-electron chi connectivity index (χ1n) is 4.71. The zero-order valence-electron chi connectivity index (χ0n) is 8.75. The summed E-state index contributed by atoms with van der Waals surface area (Å²) in [4.78, 5) is 8.24. The van der Waals surface area contributed by atoms with Crippen molar-refractivity contribution in [2.24, 2.45) is 0 Å². The van der Waals surface area contributed by atoms with Gasteiger partial charge < -0.3 is 16.1 Å². The van der Waals surface area contributed by atoms with Crippen LogP contribution in [0.25, 0.3) is 11.4 Å². The Morgan fingerprint density at radius 2 is 2.07 bits per heavy atom. The van der Waals surface area contributed by atoms with Gasteiger partial charge in [-0.05, 0) is 13.8 Å². The van der Waals surface area contributed by atoms with Gasteiger partial charge in [0.05, 0.1) is 18.2 Å². The summed E-state index contributed by atoms with van der Waals surface area (Å²) in [7, 11) is 0. The van der Waals surface area contributed by atoms with Crippen LogP contribution in [0.4, 0.5) is 5.82 Å². The predicted molar refractivity (Wildman–Crippen MR) is 58.4 cm³/mol. The highest BCUT2D eigenvalue weighted by Crippen LogP contribution is 2.24. The minimum absolute atomic E-state index is 0.310. The van der Waals surface area contributed by atoms with E-state index in [1.165, 1.54) is 11.0 Å². The van der Waals surface area contributed by atoms with Gasteiger partial charge in [-0.15, -0.1) is 0 Å². The normalized spacial score (nSPS) is 11.1. The molecule has 0 aliphatic heterocycles. The zero-order chi connectivity index (χ0) is 11.0. The molecule has 0 aliphatic rings. The first kappa shape index (κ1) is 9.57. The van der Waals surface area contributed by atoms with Gasteiger partial charge >= 0.3 is 0 Å². The van der Waals surface area contributed by atoms with E-state index in [0.717, 1.165) is 5.69 Å². The second-order valence-electron chi connectivity index (χ2n) is 3.67. The molecule has 80 valence electrons. The molecular formula is C9H14N6. The van der Waals surface area contributed by atoms with Gasteiger partial charge in [0, 0.05) is 6.04 Å². The molecule has 0 bridgehead atoms. The number of rotatable bonds is 2. The van der Waals surface area contributed by atoms with Gasteiger partial charge in [-0.25, -0.2) is 14.6 Å². The monoisotopic (exact) mass is 206 g/mol. The van der Waals surface area contributed by atoms with Crippen LogP contribution in [0.1, 0.15) is 19.9 Å². The molecule has 6 heteroatoms. The number of nitrogen functional groups attached to an aromatic ring is 2. The van der Waals surface area contributed by atoms with E-state index in [9.17, 15) is 0 Å².